The van der Waals surface area contributed by atoms with Crippen LogP contribution in [0.4, 0.5) is 0 Å². The third-order valence-corrected chi connectivity index (χ3v) is 4.94. The molecule has 174 valence electrons. The molecule has 30 heavy (non-hydrogen) atoms. The summed E-state index contributed by atoms with van der Waals surface area (Å²) in [5.41, 5.74) is 0. The minimum atomic E-state index is -1.63. The maximum absolute atomic E-state index is 10.0. The summed E-state index contributed by atoms with van der Waals surface area (Å²) in [6.07, 6.45) is -13.5. The molecule has 3 aliphatic rings. The first kappa shape index (κ1) is 23.6. The van der Waals surface area contributed by atoms with Gasteiger partial charge in [-0.05, 0) is 0 Å². The summed E-state index contributed by atoms with van der Waals surface area (Å²) in [5.74, 6) is 0. The van der Waals surface area contributed by atoms with Crippen LogP contribution in [-0.4, -0.2) is 145 Å². The summed E-state index contributed by atoms with van der Waals surface area (Å²) in [4.78, 5) is 14.8. The molecule has 2 fully saturated rings. The van der Waals surface area contributed by atoms with Crippen molar-refractivity contribution in [3.63, 3.8) is 0 Å². The molecule has 10 atom stereocenters. The van der Waals surface area contributed by atoms with Crippen molar-refractivity contribution in [2.24, 2.45) is 4.99 Å². The first-order valence-electron chi connectivity index (χ1n) is 9.23. The molecule has 3 rings (SSSR count). The van der Waals surface area contributed by atoms with E-state index in [-0.39, 0.29) is 13.3 Å². The largest absolute Gasteiger partial charge is 0.394 e. The maximum Gasteiger partial charge on any atom is 0.213 e. The Hall–Kier alpha value is -1.05. The third-order valence-electron chi connectivity index (χ3n) is 4.94. The molecule has 3 heterocycles. The number of aliphatic hydroxyl groups excluding tert-OH is 8. The maximum atomic E-state index is 10.0. The Kier molecular flexibility index (Phi) is 7.91. The zero-order valence-electron chi connectivity index (χ0n) is 15.7. The van der Waals surface area contributed by atoms with Crippen LogP contribution in [0.5, 0.6) is 0 Å². The van der Waals surface area contributed by atoms with E-state index in [4.69, 9.17) is 19.1 Å². The second-order valence-electron chi connectivity index (χ2n) is 7.09. The van der Waals surface area contributed by atoms with Crippen LogP contribution >= 0.6 is 0 Å². The average molecular weight is 441 g/mol. The Morgan fingerprint density at radius 2 is 1.27 bits per heavy atom. The Balaban J connectivity index is 1.58. The fourth-order valence-electron chi connectivity index (χ4n) is 3.17. The van der Waals surface area contributed by atoms with Gasteiger partial charge in [-0.3, -0.25) is 9.83 Å². The quantitative estimate of drug-likeness (QED) is 0.192. The van der Waals surface area contributed by atoms with E-state index in [2.05, 4.69) is 4.99 Å². The van der Waals surface area contributed by atoms with Gasteiger partial charge in [0.2, 0.25) is 12.6 Å². The number of hydrogen-bond donors (Lipinski definition) is 8. The molecule has 2 unspecified atom stereocenters. The highest BCUT2D eigenvalue weighted by atomic mass is 16.8. The standard InChI is InChI=1S/C15H27N3O12/c19-1-6-8(21)10(23)12(25)14(27-6)29-17-3-16-4-18(5-17)30-15-13(26)11(24)9(22)7(2-20)28-15/h3,6-15,19-26H,1-2,4-5H2/t6-,7-,8-,9-,10+,11+,12-,13-,14?,15?/m1/s1. The van der Waals surface area contributed by atoms with Crippen molar-refractivity contribution in [3.8, 4) is 0 Å². The van der Waals surface area contributed by atoms with Crippen LogP contribution in [0.1, 0.15) is 0 Å². The van der Waals surface area contributed by atoms with Crippen molar-refractivity contribution >= 4 is 6.34 Å². The van der Waals surface area contributed by atoms with E-state index in [0.29, 0.717) is 0 Å². The monoisotopic (exact) mass is 441 g/mol. The summed E-state index contributed by atoms with van der Waals surface area (Å²) < 4.78 is 10.5. The van der Waals surface area contributed by atoms with Crippen LogP contribution in [0.3, 0.4) is 0 Å². The molecule has 8 N–H and O–H groups in total. The van der Waals surface area contributed by atoms with Crippen molar-refractivity contribution in [2.45, 2.75) is 61.4 Å². The summed E-state index contributed by atoms with van der Waals surface area (Å²) in [6, 6.07) is 0. The number of aliphatic hydroxyl groups is 8. The van der Waals surface area contributed by atoms with Crippen LogP contribution in [0.25, 0.3) is 0 Å². The van der Waals surface area contributed by atoms with Crippen molar-refractivity contribution in [3.05, 3.63) is 0 Å². The van der Waals surface area contributed by atoms with Gasteiger partial charge in [-0.1, -0.05) is 0 Å². The highest BCUT2D eigenvalue weighted by Gasteiger charge is 2.46. The Morgan fingerprint density at radius 3 is 1.77 bits per heavy atom. The zero-order valence-corrected chi connectivity index (χ0v) is 15.7. The molecule has 0 radical (unpaired) electrons. The summed E-state index contributed by atoms with van der Waals surface area (Å²) in [7, 11) is 0. The van der Waals surface area contributed by atoms with Gasteiger partial charge in [-0.25, -0.2) is 9.90 Å². The average Bonchev–Trinajstić information content (AvgIpc) is 2.74. The minimum absolute atomic E-state index is 0.0381. The SMILES string of the molecule is OC[C@H]1OC(ON2C=NCN(OC3O[C@H](CO)[C@@H](O)[C@H](O)[C@H]3O)C2)[C@H](O)[C@@H](O)[C@@H]1O. The van der Waals surface area contributed by atoms with E-state index in [1.165, 1.54) is 6.34 Å². The van der Waals surface area contributed by atoms with Crippen molar-refractivity contribution in [1.29, 1.82) is 0 Å². The molecule has 2 saturated heterocycles. The molecular weight excluding hydrogens is 414 g/mol. The van der Waals surface area contributed by atoms with E-state index < -0.39 is 74.6 Å². The van der Waals surface area contributed by atoms with Gasteiger partial charge in [0, 0.05) is 0 Å². The van der Waals surface area contributed by atoms with E-state index in [1.54, 1.807) is 0 Å². The van der Waals surface area contributed by atoms with Gasteiger partial charge in [-0.2, -0.15) is 0 Å². The molecule has 0 bridgehead atoms. The normalized spacial score (nSPS) is 45.7. The second kappa shape index (κ2) is 10.0. The number of hydrogen-bond acceptors (Lipinski definition) is 15. The molecule has 0 spiro atoms. The van der Waals surface area contributed by atoms with Gasteiger partial charge in [0.1, 0.15) is 68.5 Å². The molecular formula is C15H27N3O12. The van der Waals surface area contributed by atoms with Crippen LogP contribution in [0, 0.1) is 0 Å². The Morgan fingerprint density at radius 1 is 0.767 bits per heavy atom. The molecule has 0 aromatic carbocycles. The third kappa shape index (κ3) is 4.89. The summed E-state index contributed by atoms with van der Waals surface area (Å²) >= 11 is 0. The van der Waals surface area contributed by atoms with Crippen molar-refractivity contribution in [1.82, 2.24) is 10.1 Å². The molecule has 15 heteroatoms. The number of ether oxygens (including phenoxy) is 2. The van der Waals surface area contributed by atoms with E-state index >= 15 is 0 Å². The van der Waals surface area contributed by atoms with Crippen molar-refractivity contribution < 1.29 is 60.0 Å². The lowest BCUT2D eigenvalue weighted by Crippen LogP contribution is -2.61. The molecule has 3 aliphatic heterocycles. The number of rotatable bonds is 6. The van der Waals surface area contributed by atoms with Gasteiger partial charge in [0.05, 0.1) is 13.2 Å². The van der Waals surface area contributed by atoms with Gasteiger partial charge in [0.25, 0.3) is 0 Å². The lowest BCUT2D eigenvalue weighted by Gasteiger charge is -2.43. The first-order valence-corrected chi connectivity index (χ1v) is 9.23. The predicted molar refractivity (Wildman–Crippen MR) is 91.6 cm³/mol. The Labute approximate surface area is 170 Å². The van der Waals surface area contributed by atoms with Crippen LogP contribution in [0.2, 0.25) is 0 Å². The molecule has 0 aliphatic carbocycles. The number of aliphatic imine (C=N–C) groups is 1. The molecule has 0 amide bonds. The highest BCUT2D eigenvalue weighted by Crippen LogP contribution is 2.25. The van der Waals surface area contributed by atoms with Gasteiger partial charge in [0.15, 0.2) is 0 Å². The second-order valence-corrected chi connectivity index (χ2v) is 7.09. The molecule has 15 nitrogen and oxygen atoms in total. The molecule has 0 saturated carbocycles. The van der Waals surface area contributed by atoms with E-state index in [9.17, 15) is 40.9 Å². The smallest absolute Gasteiger partial charge is 0.213 e. The van der Waals surface area contributed by atoms with Crippen molar-refractivity contribution in [2.75, 3.05) is 26.6 Å². The highest BCUT2D eigenvalue weighted by molar-refractivity contribution is 5.53. The fraction of sp³-hybridized carbons (Fsp3) is 0.933. The lowest BCUT2D eigenvalue weighted by atomic mass is 9.99. The van der Waals surface area contributed by atoms with Crippen LogP contribution < -0.4 is 0 Å². The zero-order chi connectivity index (χ0) is 22.0. The van der Waals surface area contributed by atoms with Gasteiger partial charge in [-0.15, -0.1) is 5.06 Å². The molecule has 0 aromatic heterocycles. The predicted octanol–water partition coefficient (Wildman–Crippen LogP) is -5.99. The fourth-order valence-corrected chi connectivity index (χ4v) is 3.17. The summed E-state index contributed by atoms with van der Waals surface area (Å²) in [5, 5.41) is 80.0. The number of nitrogens with zero attached hydrogens (tertiary/aromatic N) is 3. The minimum Gasteiger partial charge on any atom is -0.394 e. The lowest BCUT2D eigenvalue weighted by molar-refractivity contribution is -0.390. The van der Waals surface area contributed by atoms with Gasteiger partial charge < -0.3 is 50.3 Å². The molecule has 0 aromatic rings. The summed E-state index contributed by atoms with van der Waals surface area (Å²) in [6.45, 7) is -1.43. The van der Waals surface area contributed by atoms with E-state index in [0.717, 1.165) is 10.1 Å². The topological polar surface area (TPSA) is 218 Å². The van der Waals surface area contributed by atoms with Crippen LogP contribution in [0.15, 0.2) is 4.99 Å². The van der Waals surface area contributed by atoms with Gasteiger partial charge >= 0.3 is 0 Å². The van der Waals surface area contributed by atoms with Crippen LogP contribution in [-0.2, 0) is 19.1 Å². The first-order chi connectivity index (χ1) is 14.3. The Bertz CT molecular complexity index is 583. The number of hydroxylamine groups is 4. The van der Waals surface area contributed by atoms with E-state index in [1.807, 2.05) is 0 Å².